The first-order valence-corrected chi connectivity index (χ1v) is 11.7. The fourth-order valence-electron chi connectivity index (χ4n) is 3.77. The Hall–Kier alpha value is -1.83. The predicted octanol–water partition coefficient (Wildman–Crippen LogP) is 3.64. The fraction of sp³-hybridized carbons (Fsp3) is 0.381. The minimum absolute atomic E-state index is 0.0136. The van der Waals surface area contributed by atoms with Crippen molar-refractivity contribution >= 4 is 33.4 Å². The van der Waals surface area contributed by atoms with Crippen molar-refractivity contribution in [3.8, 4) is 0 Å². The summed E-state index contributed by atoms with van der Waals surface area (Å²) in [5, 5.41) is 5.23. The number of thioether (sulfide) groups is 1. The second-order valence-corrected chi connectivity index (χ2v) is 10.1. The van der Waals surface area contributed by atoms with Gasteiger partial charge in [-0.3, -0.25) is 4.79 Å². The van der Waals surface area contributed by atoms with Crippen molar-refractivity contribution in [1.29, 1.82) is 0 Å². The predicted molar refractivity (Wildman–Crippen MR) is 115 cm³/mol. The summed E-state index contributed by atoms with van der Waals surface area (Å²) in [5.74, 6) is 0.364. The Morgan fingerprint density at radius 3 is 2.32 bits per heavy atom. The lowest BCUT2D eigenvalue weighted by molar-refractivity contribution is -0.116. The molecule has 0 spiro atoms. The molecule has 1 amide bonds. The molecule has 5 nitrogen and oxygen atoms in total. The summed E-state index contributed by atoms with van der Waals surface area (Å²) in [6.45, 7) is 10.4. The van der Waals surface area contributed by atoms with Gasteiger partial charge in [0.2, 0.25) is 15.9 Å². The first kappa shape index (κ1) is 20.9. The molecule has 3 rings (SSSR count). The SMILES string of the molecule is Cc1cc(C)c(C)c(SCC(=O)N2c3ccc(S(N)(=O)=O)cc3CC2C)c1C. The molecule has 2 aromatic rings. The molecule has 0 bridgehead atoms. The molecule has 1 atom stereocenters. The van der Waals surface area contributed by atoms with Crippen LogP contribution in [0.2, 0.25) is 0 Å². The number of nitrogens with two attached hydrogens (primary N) is 1. The molecule has 1 unspecified atom stereocenters. The average Bonchev–Trinajstić information content (AvgIpc) is 2.94. The van der Waals surface area contributed by atoms with Crippen LogP contribution in [-0.2, 0) is 21.2 Å². The third kappa shape index (κ3) is 3.83. The molecule has 150 valence electrons. The lowest BCUT2D eigenvalue weighted by Gasteiger charge is -2.23. The molecule has 1 aliphatic heterocycles. The van der Waals surface area contributed by atoms with Gasteiger partial charge in [0, 0.05) is 16.6 Å². The van der Waals surface area contributed by atoms with Crippen molar-refractivity contribution < 1.29 is 13.2 Å². The first-order valence-electron chi connectivity index (χ1n) is 9.18. The van der Waals surface area contributed by atoms with E-state index in [0.717, 1.165) is 11.3 Å². The van der Waals surface area contributed by atoms with E-state index in [9.17, 15) is 13.2 Å². The van der Waals surface area contributed by atoms with Crippen molar-refractivity contribution in [2.45, 2.75) is 56.9 Å². The van der Waals surface area contributed by atoms with Gasteiger partial charge in [-0.25, -0.2) is 13.6 Å². The molecule has 2 aromatic carbocycles. The van der Waals surface area contributed by atoms with Crippen LogP contribution in [0.25, 0.3) is 0 Å². The smallest absolute Gasteiger partial charge is 0.238 e. The maximum absolute atomic E-state index is 13.0. The number of hydrogen-bond acceptors (Lipinski definition) is 4. The summed E-state index contributed by atoms with van der Waals surface area (Å²) < 4.78 is 23.2. The van der Waals surface area contributed by atoms with Gasteiger partial charge < -0.3 is 4.90 Å². The highest BCUT2D eigenvalue weighted by molar-refractivity contribution is 8.00. The maximum Gasteiger partial charge on any atom is 0.238 e. The second-order valence-electron chi connectivity index (χ2n) is 7.53. The third-order valence-corrected chi connectivity index (χ3v) is 7.70. The van der Waals surface area contributed by atoms with Crippen LogP contribution >= 0.6 is 11.8 Å². The van der Waals surface area contributed by atoms with Crippen LogP contribution < -0.4 is 10.0 Å². The van der Waals surface area contributed by atoms with E-state index in [4.69, 9.17) is 5.14 Å². The largest absolute Gasteiger partial charge is 0.308 e. The third-order valence-electron chi connectivity index (χ3n) is 5.50. The second kappa shape index (κ2) is 7.54. The normalized spacial score (nSPS) is 16.4. The summed E-state index contributed by atoms with van der Waals surface area (Å²) in [6.07, 6.45) is 0.622. The Balaban J connectivity index is 1.84. The molecule has 0 saturated heterocycles. The van der Waals surface area contributed by atoms with Gasteiger partial charge >= 0.3 is 0 Å². The zero-order chi connectivity index (χ0) is 20.8. The Labute approximate surface area is 171 Å². The van der Waals surface area contributed by atoms with Crippen LogP contribution in [0.15, 0.2) is 34.1 Å². The molecule has 0 saturated carbocycles. The number of carbonyl (C=O) groups is 1. The fourth-order valence-corrected chi connectivity index (χ4v) is 5.49. The van der Waals surface area contributed by atoms with E-state index in [1.54, 1.807) is 28.8 Å². The number of aryl methyl sites for hydroxylation is 2. The summed E-state index contributed by atoms with van der Waals surface area (Å²) >= 11 is 1.57. The number of benzene rings is 2. The van der Waals surface area contributed by atoms with E-state index in [-0.39, 0.29) is 16.8 Å². The van der Waals surface area contributed by atoms with Gasteiger partial charge in [0.05, 0.1) is 10.6 Å². The molecule has 0 aliphatic carbocycles. The van der Waals surface area contributed by atoms with Crippen LogP contribution in [0, 0.1) is 27.7 Å². The quantitative estimate of drug-likeness (QED) is 0.769. The highest BCUT2D eigenvalue weighted by atomic mass is 32.2. The summed E-state index contributed by atoms with van der Waals surface area (Å²) in [6, 6.07) is 6.91. The van der Waals surface area contributed by atoms with Gasteiger partial charge in [-0.1, -0.05) is 6.07 Å². The molecule has 0 radical (unpaired) electrons. The van der Waals surface area contributed by atoms with Crippen molar-refractivity contribution in [3.63, 3.8) is 0 Å². The highest BCUT2D eigenvalue weighted by Crippen LogP contribution is 2.36. The van der Waals surface area contributed by atoms with E-state index in [1.807, 2.05) is 6.92 Å². The molecule has 2 N–H and O–H groups in total. The molecule has 7 heteroatoms. The van der Waals surface area contributed by atoms with Gasteiger partial charge in [-0.2, -0.15) is 0 Å². The van der Waals surface area contributed by atoms with Crippen LogP contribution in [0.4, 0.5) is 5.69 Å². The number of hydrogen-bond donors (Lipinski definition) is 1. The van der Waals surface area contributed by atoms with E-state index in [1.165, 1.54) is 33.2 Å². The molecule has 1 heterocycles. The maximum atomic E-state index is 13.0. The lowest BCUT2D eigenvalue weighted by atomic mass is 10.0. The number of rotatable bonds is 4. The molecule has 28 heavy (non-hydrogen) atoms. The summed E-state index contributed by atoms with van der Waals surface area (Å²) in [5.41, 5.74) is 6.51. The van der Waals surface area contributed by atoms with Gasteiger partial charge in [0.15, 0.2) is 0 Å². The first-order chi connectivity index (χ1) is 13.0. The van der Waals surface area contributed by atoms with Crippen LogP contribution in [0.1, 0.15) is 34.7 Å². The number of primary sulfonamides is 1. The zero-order valence-corrected chi connectivity index (χ0v) is 18.5. The van der Waals surface area contributed by atoms with E-state index >= 15 is 0 Å². The Morgan fingerprint density at radius 1 is 1.14 bits per heavy atom. The average molecular weight is 419 g/mol. The standard InChI is InChI=1S/C21H26N2O3S2/c1-12-8-13(2)16(5)21(15(12)4)27-11-20(24)23-14(3)9-17-10-18(28(22,25)26)6-7-19(17)23/h6-8,10,14H,9,11H2,1-5H3,(H2,22,25,26). The Bertz CT molecular complexity index is 1040. The topological polar surface area (TPSA) is 80.5 Å². The Morgan fingerprint density at radius 2 is 1.75 bits per heavy atom. The lowest BCUT2D eigenvalue weighted by Crippen LogP contribution is -2.37. The molecular weight excluding hydrogens is 392 g/mol. The number of sulfonamides is 1. The van der Waals surface area contributed by atoms with Crippen LogP contribution in [0.5, 0.6) is 0 Å². The molecular formula is C21H26N2O3S2. The van der Waals surface area contributed by atoms with E-state index in [0.29, 0.717) is 12.2 Å². The van der Waals surface area contributed by atoms with Crippen molar-refractivity contribution in [2.75, 3.05) is 10.7 Å². The summed E-state index contributed by atoms with van der Waals surface area (Å²) in [4.78, 5) is 16.1. The zero-order valence-electron chi connectivity index (χ0n) is 16.9. The number of anilines is 1. The summed E-state index contributed by atoms with van der Waals surface area (Å²) in [7, 11) is -3.75. The highest BCUT2D eigenvalue weighted by Gasteiger charge is 2.31. The van der Waals surface area contributed by atoms with Crippen molar-refractivity contribution in [3.05, 3.63) is 52.1 Å². The minimum Gasteiger partial charge on any atom is -0.308 e. The minimum atomic E-state index is -3.75. The van der Waals surface area contributed by atoms with Gasteiger partial charge in [0.1, 0.15) is 0 Å². The Kier molecular flexibility index (Phi) is 5.62. The van der Waals surface area contributed by atoms with Gasteiger partial charge in [-0.05, 0) is 87.1 Å². The number of nitrogens with zero attached hydrogens (tertiary/aromatic N) is 1. The van der Waals surface area contributed by atoms with Crippen LogP contribution in [0.3, 0.4) is 0 Å². The van der Waals surface area contributed by atoms with Crippen molar-refractivity contribution in [2.24, 2.45) is 5.14 Å². The van der Waals surface area contributed by atoms with Crippen LogP contribution in [-0.4, -0.2) is 26.1 Å². The number of carbonyl (C=O) groups excluding carboxylic acids is 1. The van der Waals surface area contributed by atoms with E-state index in [2.05, 4.69) is 33.8 Å². The molecule has 0 fully saturated rings. The number of fused-ring (bicyclic) bond motifs is 1. The van der Waals surface area contributed by atoms with Gasteiger partial charge in [-0.15, -0.1) is 11.8 Å². The van der Waals surface area contributed by atoms with E-state index < -0.39 is 10.0 Å². The number of amides is 1. The van der Waals surface area contributed by atoms with Gasteiger partial charge in [0.25, 0.3) is 0 Å². The van der Waals surface area contributed by atoms with Crippen molar-refractivity contribution in [1.82, 2.24) is 0 Å². The molecule has 1 aliphatic rings. The molecule has 0 aromatic heterocycles. The monoisotopic (exact) mass is 418 g/mol.